The zero-order valence-corrected chi connectivity index (χ0v) is 10.6. The van der Waals surface area contributed by atoms with Crippen molar-refractivity contribution in [2.24, 2.45) is 0 Å². The van der Waals surface area contributed by atoms with E-state index in [1.165, 1.54) is 19.2 Å². The number of nitrogens with two attached hydrogens (primary N) is 1. The van der Waals surface area contributed by atoms with Crippen molar-refractivity contribution in [3.05, 3.63) is 17.9 Å². The van der Waals surface area contributed by atoms with E-state index in [0.717, 1.165) is 0 Å². The Morgan fingerprint density at radius 1 is 1.47 bits per heavy atom. The number of anilines is 2. The molecule has 0 unspecified atom stereocenters. The van der Waals surface area contributed by atoms with E-state index in [1.807, 2.05) is 0 Å². The highest BCUT2D eigenvalue weighted by atomic mass is 19.1. The summed E-state index contributed by atoms with van der Waals surface area (Å²) in [5, 5.41) is 9.70. The van der Waals surface area contributed by atoms with Gasteiger partial charge in [-0.1, -0.05) is 0 Å². The van der Waals surface area contributed by atoms with E-state index in [4.69, 9.17) is 10.5 Å². The zero-order chi connectivity index (χ0) is 13.2. The van der Waals surface area contributed by atoms with E-state index >= 15 is 0 Å². The summed E-state index contributed by atoms with van der Waals surface area (Å²) in [6.07, 6.45) is 0. The Kier molecular flexibility index (Phi) is 3.83. The molecule has 1 aromatic carbocycles. The number of halogens is 1. The van der Waals surface area contributed by atoms with Crippen molar-refractivity contribution in [3.8, 4) is 5.75 Å². The molecule has 0 aliphatic heterocycles. The van der Waals surface area contributed by atoms with Crippen molar-refractivity contribution in [1.29, 1.82) is 0 Å². The molecule has 0 saturated heterocycles. The fraction of sp³-hybridized carbons (Fsp3) is 0.500. The predicted molar refractivity (Wildman–Crippen MR) is 66.9 cm³/mol. The number of likely N-dealkylation sites (N-methyl/N-ethyl adjacent to an activating group) is 1. The normalized spacial score (nSPS) is 11.4. The monoisotopic (exact) mass is 242 g/mol. The van der Waals surface area contributed by atoms with Gasteiger partial charge in [0, 0.05) is 25.7 Å². The topological polar surface area (TPSA) is 58.7 Å². The van der Waals surface area contributed by atoms with Gasteiger partial charge in [-0.3, -0.25) is 0 Å². The highest BCUT2D eigenvalue weighted by Gasteiger charge is 2.19. The number of nitrogens with zero attached hydrogens (tertiary/aromatic N) is 1. The first kappa shape index (κ1) is 13.6. The molecule has 4 nitrogen and oxygen atoms in total. The highest BCUT2D eigenvalue weighted by molar-refractivity contribution is 5.63. The van der Waals surface area contributed by atoms with Crippen molar-refractivity contribution >= 4 is 11.4 Å². The second kappa shape index (κ2) is 4.79. The lowest BCUT2D eigenvalue weighted by atomic mass is 10.1. The van der Waals surface area contributed by atoms with Crippen LogP contribution in [0.5, 0.6) is 5.75 Å². The molecule has 0 saturated carbocycles. The summed E-state index contributed by atoms with van der Waals surface area (Å²) in [5.41, 5.74) is 5.29. The smallest absolute Gasteiger partial charge is 0.148 e. The standard InChI is InChI=1S/C12H19FN2O2/c1-12(2,16)7-15(3)10-6-11(17-4)9(14)5-8(10)13/h5-6,16H,7,14H2,1-4H3. The largest absolute Gasteiger partial charge is 0.495 e. The minimum absolute atomic E-state index is 0.255. The molecule has 0 amide bonds. The predicted octanol–water partition coefficient (Wildman–Crippen LogP) is 1.62. The molecule has 0 atom stereocenters. The van der Waals surface area contributed by atoms with Gasteiger partial charge < -0.3 is 20.5 Å². The first-order valence-corrected chi connectivity index (χ1v) is 5.31. The van der Waals surface area contributed by atoms with E-state index in [0.29, 0.717) is 18.0 Å². The van der Waals surface area contributed by atoms with E-state index in [1.54, 1.807) is 25.8 Å². The molecule has 0 aromatic heterocycles. The number of hydrogen-bond donors (Lipinski definition) is 2. The Morgan fingerprint density at radius 2 is 2.06 bits per heavy atom. The summed E-state index contributed by atoms with van der Waals surface area (Å²) in [7, 11) is 3.18. The summed E-state index contributed by atoms with van der Waals surface area (Å²) in [5.74, 6) is -0.0148. The van der Waals surface area contributed by atoms with Crippen LogP contribution in [0, 0.1) is 5.82 Å². The highest BCUT2D eigenvalue weighted by Crippen LogP contribution is 2.30. The summed E-state index contributed by atoms with van der Waals surface area (Å²) < 4.78 is 18.8. The third-order valence-corrected chi connectivity index (χ3v) is 2.33. The third-order valence-electron chi connectivity index (χ3n) is 2.33. The average Bonchev–Trinajstić information content (AvgIpc) is 2.14. The van der Waals surface area contributed by atoms with Crippen molar-refractivity contribution < 1.29 is 14.2 Å². The molecule has 0 bridgehead atoms. The molecule has 0 heterocycles. The summed E-state index contributed by atoms with van der Waals surface area (Å²) in [6.45, 7) is 3.63. The van der Waals surface area contributed by atoms with Crippen LogP contribution in [0.25, 0.3) is 0 Å². The molecular formula is C12H19FN2O2. The number of rotatable bonds is 4. The zero-order valence-electron chi connectivity index (χ0n) is 10.6. The molecule has 5 heteroatoms. The lowest BCUT2D eigenvalue weighted by Gasteiger charge is -2.28. The van der Waals surface area contributed by atoms with Gasteiger partial charge in [-0.25, -0.2) is 4.39 Å². The minimum atomic E-state index is -0.907. The molecule has 17 heavy (non-hydrogen) atoms. The first-order valence-electron chi connectivity index (χ1n) is 5.31. The van der Waals surface area contributed by atoms with Gasteiger partial charge in [-0.2, -0.15) is 0 Å². The van der Waals surface area contributed by atoms with Crippen LogP contribution in [0.4, 0.5) is 15.8 Å². The van der Waals surface area contributed by atoms with Crippen LogP contribution in [0.1, 0.15) is 13.8 Å². The van der Waals surface area contributed by atoms with Crippen LogP contribution in [-0.2, 0) is 0 Å². The average molecular weight is 242 g/mol. The van der Waals surface area contributed by atoms with Crippen LogP contribution in [0.3, 0.4) is 0 Å². The Bertz CT molecular complexity index is 402. The first-order chi connectivity index (χ1) is 7.74. The summed E-state index contributed by atoms with van der Waals surface area (Å²) in [4.78, 5) is 1.62. The maximum Gasteiger partial charge on any atom is 0.148 e. The number of methoxy groups -OCH3 is 1. The maximum atomic E-state index is 13.7. The molecule has 0 fully saturated rings. The van der Waals surface area contributed by atoms with Gasteiger partial charge in [-0.05, 0) is 13.8 Å². The van der Waals surface area contributed by atoms with Gasteiger partial charge in [0.2, 0.25) is 0 Å². The Hall–Kier alpha value is -1.49. The van der Waals surface area contributed by atoms with Crippen molar-refractivity contribution in [2.45, 2.75) is 19.4 Å². The van der Waals surface area contributed by atoms with Gasteiger partial charge in [0.25, 0.3) is 0 Å². The van der Waals surface area contributed by atoms with E-state index < -0.39 is 11.4 Å². The van der Waals surface area contributed by atoms with Gasteiger partial charge in [0.05, 0.1) is 24.1 Å². The molecule has 0 radical (unpaired) electrons. The van der Waals surface area contributed by atoms with Gasteiger partial charge in [-0.15, -0.1) is 0 Å². The lowest BCUT2D eigenvalue weighted by molar-refractivity contribution is 0.0885. The molecule has 1 rings (SSSR count). The lowest BCUT2D eigenvalue weighted by Crippen LogP contribution is -2.36. The minimum Gasteiger partial charge on any atom is -0.495 e. The van der Waals surface area contributed by atoms with Crippen molar-refractivity contribution in [2.75, 3.05) is 31.3 Å². The van der Waals surface area contributed by atoms with Crippen LogP contribution in [0.2, 0.25) is 0 Å². The fourth-order valence-electron chi connectivity index (χ4n) is 1.69. The van der Waals surface area contributed by atoms with Gasteiger partial charge in [0.1, 0.15) is 11.6 Å². The van der Waals surface area contributed by atoms with E-state index in [9.17, 15) is 9.50 Å². The molecule has 1 aromatic rings. The second-order valence-electron chi connectivity index (χ2n) is 4.71. The Labute approximate surface area is 101 Å². The fourth-order valence-corrected chi connectivity index (χ4v) is 1.69. The number of aliphatic hydroxyl groups is 1. The van der Waals surface area contributed by atoms with Gasteiger partial charge >= 0.3 is 0 Å². The Morgan fingerprint density at radius 3 is 2.53 bits per heavy atom. The molecular weight excluding hydrogens is 223 g/mol. The number of nitrogen functional groups attached to an aromatic ring is 1. The summed E-state index contributed by atoms with van der Waals surface area (Å²) >= 11 is 0. The quantitative estimate of drug-likeness (QED) is 0.788. The third kappa shape index (κ3) is 3.49. The van der Waals surface area contributed by atoms with Crippen molar-refractivity contribution in [3.63, 3.8) is 0 Å². The number of benzene rings is 1. The second-order valence-corrected chi connectivity index (χ2v) is 4.71. The number of ether oxygens (including phenoxy) is 1. The van der Waals surface area contributed by atoms with E-state index in [-0.39, 0.29) is 5.69 Å². The van der Waals surface area contributed by atoms with Gasteiger partial charge in [0.15, 0.2) is 0 Å². The molecule has 0 spiro atoms. The van der Waals surface area contributed by atoms with Crippen LogP contribution >= 0.6 is 0 Å². The van der Waals surface area contributed by atoms with Crippen molar-refractivity contribution in [1.82, 2.24) is 0 Å². The molecule has 0 aliphatic rings. The SMILES string of the molecule is COc1cc(N(C)CC(C)(C)O)c(F)cc1N. The van der Waals surface area contributed by atoms with E-state index in [2.05, 4.69) is 0 Å². The summed E-state index contributed by atoms with van der Waals surface area (Å²) in [6, 6.07) is 2.74. The maximum absolute atomic E-state index is 13.7. The molecule has 3 N–H and O–H groups in total. The molecule has 0 aliphatic carbocycles. The van der Waals surface area contributed by atoms with Crippen LogP contribution in [-0.4, -0.2) is 31.4 Å². The Balaban J connectivity index is 3.05. The van der Waals surface area contributed by atoms with Crippen LogP contribution < -0.4 is 15.4 Å². The molecule has 96 valence electrons. The number of hydrogen-bond acceptors (Lipinski definition) is 4. The van der Waals surface area contributed by atoms with Crippen LogP contribution in [0.15, 0.2) is 12.1 Å².